The maximum absolute atomic E-state index is 12.6. The van der Waals surface area contributed by atoms with Crippen LogP contribution in [-0.2, 0) is 4.79 Å². The number of carbonyl (C=O) groups excluding carboxylic acids is 1. The summed E-state index contributed by atoms with van der Waals surface area (Å²) in [6.07, 6.45) is -0.101. The predicted molar refractivity (Wildman–Crippen MR) is 79.8 cm³/mol. The van der Waals surface area contributed by atoms with Gasteiger partial charge in [0.2, 0.25) is 0 Å². The molecule has 0 fully saturated rings. The van der Waals surface area contributed by atoms with Gasteiger partial charge in [0, 0.05) is 19.3 Å². The van der Waals surface area contributed by atoms with Crippen molar-refractivity contribution in [3.8, 4) is 0 Å². The number of carbonyl (C=O) groups is 2. The lowest BCUT2D eigenvalue weighted by molar-refractivity contribution is -0.137. The van der Waals surface area contributed by atoms with E-state index in [9.17, 15) is 9.59 Å². The first-order chi connectivity index (χ1) is 10.3. The maximum Gasteiger partial charge on any atom is 0.305 e. The van der Waals surface area contributed by atoms with Crippen molar-refractivity contribution >= 4 is 23.0 Å². The van der Waals surface area contributed by atoms with Gasteiger partial charge in [-0.2, -0.15) is 0 Å². The summed E-state index contributed by atoms with van der Waals surface area (Å²) < 4.78 is 5.18. The summed E-state index contributed by atoms with van der Waals surface area (Å²) in [4.78, 5) is 29.1. The topological polar surface area (TPSA) is 96.5 Å². The van der Waals surface area contributed by atoms with Crippen LogP contribution in [0.3, 0.4) is 0 Å². The van der Waals surface area contributed by atoms with Crippen LogP contribution in [0.2, 0.25) is 0 Å². The minimum atomic E-state index is -0.941. The van der Waals surface area contributed by atoms with Gasteiger partial charge in [0.05, 0.1) is 23.1 Å². The van der Waals surface area contributed by atoms with Crippen molar-refractivity contribution in [2.24, 2.45) is 0 Å². The van der Waals surface area contributed by atoms with E-state index >= 15 is 0 Å². The number of nitrogens with zero attached hydrogens (tertiary/aromatic N) is 3. The summed E-state index contributed by atoms with van der Waals surface area (Å²) in [6.45, 7) is 5.83. The second kappa shape index (κ2) is 6.13. The molecule has 1 N–H and O–H groups in total. The van der Waals surface area contributed by atoms with Crippen LogP contribution >= 0.6 is 0 Å². The van der Waals surface area contributed by atoms with Gasteiger partial charge in [-0.25, -0.2) is 4.98 Å². The lowest BCUT2D eigenvalue weighted by atomic mass is 10.0. The zero-order valence-corrected chi connectivity index (χ0v) is 13.1. The van der Waals surface area contributed by atoms with E-state index in [1.54, 1.807) is 20.0 Å². The van der Waals surface area contributed by atoms with Crippen LogP contribution in [0.4, 0.5) is 0 Å². The zero-order chi connectivity index (χ0) is 16.4. The molecule has 7 heteroatoms. The molecule has 0 bridgehead atoms. The molecule has 0 aromatic carbocycles. The van der Waals surface area contributed by atoms with Crippen molar-refractivity contribution in [1.82, 2.24) is 15.0 Å². The van der Waals surface area contributed by atoms with Gasteiger partial charge in [-0.3, -0.25) is 9.59 Å². The van der Waals surface area contributed by atoms with Crippen LogP contribution in [0.5, 0.6) is 0 Å². The van der Waals surface area contributed by atoms with Gasteiger partial charge in [-0.05, 0) is 18.9 Å². The Morgan fingerprint density at radius 1 is 1.41 bits per heavy atom. The third-order valence-corrected chi connectivity index (χ3v) is 3.47. The third-order valence-electron chi connectivity index (χ3n) is 3.47. The number of pyridine rings is 1. The molecule has 0 saturated heterocycles. The zero-order valence-electron chi connectivity index (χ0n) is 13.1. The number of carboxylic acid groups (broad SMARTS) is 1. The monoisotopic (exact) mass is 305 g/mol. The van der Waals surface area contributed by atoms with E-state index in [4.69, 9.17) is 9.63 Å². The third kappa shape index (κ3) is 3.08. The summed E-state index contributed by atoms with van der Waals surface area (Å²) in [5.41, 5.74) is 2.10. The van der Waals surface area contributed by atoms with Gasteiger partial charge in [0.15, 0.2) is 0 Å². The van der Waals surface area contributed by atoms with E-state index in [1.807, 2.05) is 13.8 Å². The first-order valence-corrected chi connectivity index (χ1v) is 7.05. The maximum atomic E-state index is 12.6. The number of rotatable bonds is 5. The van der Waals surface area contributed by atoms with Crippen LogP contribution in [-0.4, -0.2) is 45.6 Å². The van der Waals surface area contributed by atoms with E-state index in [0.717, 1.165) is 5.69 Å². The van der Waals surface area contributed by atoms with Gasteiger partial charge in [-0.1, -0.05) is 19.0 Å². The Bertz CT molecular complexity index is 721. The average Bonchev–Trinajstić information content (AvgIpc) is 2.84. The van der Waals surface area contributed by atoms with Gasteiger partial charge in [0.1, 0.15) is 0 Å². The molecule has 7 nitrogen and oxygen atoms in total. The minimum Gasteiger partial charge on any atom is -0.481 e. The molecule has 0 spiro atoms. The number of aryl methyl sites for hydroxylation is 1. The molecular weight excluding hydrogens is 286 g/mol. The molecule has 0 saturated carbocycles. The van der Waals surface area contributed by atoms with E-state index in [2.05, 4.69) is 10.1 Å². The fourth-order valence-corrected chi connectivity index (χ4v) is 2.15. The van der Waals surface area contributed by atoms with Gasteiger partial charge >= 0.3 is 5.97 Å². The number of amides is 1. The second-order valence-corrected chi connectivity index (χ2v) is 5.57. The van der Waals surface area contributed by atoms with E-state index in [-0.39, 0.29) is 24.8 Å². The van der Waals surface area contributed by atoms with Crippen molar-refractivity contribution in [2.45, 2.75) is 33.1 Å². The van der Waals surface area contributed by atoms with Crippen LogP contribution in [0, 0.1) is 6.92 Å². The molecule has 2 aromatic heterocycles. The van der Waals surface area contributed by atoms with Gasteiger partial charge < -0.3 is 14.5 Å². The normalized spacial score (nSPS) is 11.1. The molecule has 118 valence electrons. The summed E-state index contributed by atoms with van der Waals surface area (Å²) in [5.74, 6) is -1.07. The number of aromatic nitrogens is 2. The number of hydrogen-bond donors (Lipinski definition) is 1. The smallest absolute Gasteiger partial charge is 0.305 e. The van der Waals surface area contributed by atoms with Gasteiger partial charge in [0.25, 0.3) is 11.6 Å². The van der Waals surface area contributed by atoms with E-state index in [0.29, 0.717) is 22.4 Å². The molecule has 0 radical (unpaired) electrons. The Balaban J connectivity index is 2.45. The molecule has 22 heavy (non-hydrogen) atoms. The molecule has 0 atom stereocenters. The Morgan fingerprint density at radius 3 is 2.68 bits per heavy atom. The number of fused-ring (bicyclic) bond motifs is 1. The number of hydrogen-bond acceptors (Lipinski definition) is 5. The fraction of sp³-hybridized carbons (Fsp3) is 0.467. The lowest BCUT2D eigenvalue weighted by Gasteiger charge is -2.17. The highest BCUT2D eigenvalue weighted by molar-refractivity contribution is 6.06. The summed E-state index contributed by atoms with van der Waals surface area (Å²) in [6, 6.07) is 1.73. The Labute approximate surface area is 127 Å². The number of aliphatic carboxylic acids is 1. The molecule has 2 rings (SSSR count). The average molecular weight is 305 g/mol. The van der Waals surface area contributed by atoms with Crippen LogP contribution in [0.1, 0.15) is 47.9 Å². The highest BCUT2D eigenvalue weighted by Crippen LogP contribution is 2.25. The Morgan fingerprint density at radius 2 is 2.09 bits per heavy atom. The Hall–Kier alpha value is -2.44. The van der Waals surface area contributed by atoms with E-state index < -0.39 is 5.97 Å². The van der Waals surface area contributed by atoms with Crippen molar-refractivity contribution < 1.29 is 19.2 Å². The molecular formula is C15H19N3O4. The SMILES string of the molecule is Cc1noc2nc(C(C)C)cc(C(=O)N(C)CCC(=O)O)c12. The molecule has 2 heterocycles. The largest absolute Gasteiger partial charge is 0.481 e. The second-order valence-electron chi connectivity index (χ2n) is 5.57. The summed E-state index contributed by atoms with van der Waals surface area (Å²) in [5, 5.41) is 13.2. The van der Waals surface area contributed by atoms with Gasteiger partial charge in [-0.15, -0.1) is 0 Å². The van der Waals surface area contributed by atoms with Crippen LogP contribution < -0.4 is 0 Å². The quantitative estimate of drug-likeness (QED) is 0.909. The van der Waals surface area contributed by atoms with Crippen LogP contribution in [0.15, 0.2) is 10.6 Å². The fourth-order valence-electron chi connectivity index (χ4n) is 2.15. The summed E-state index contributed by atoms with van der Waals surface area (Å²) >= 11 is 0. The predicted octanol–water partition coefficient (Wildman–Crippen LogP) is 2.20. The molecule has 0 unspecified atom stereocenters. The molecule has 0 aliphatic carbocycles. The number of carboxylic acids is 1. The lowest BCUT2D eigenvalue weighted by Crippen LogP contribution is -2.29. The minimum absolute atomic E-state index is 0.101. The highest BCUT2D eigenvalue weighted by Gasteiger charge is 2.22. The van der Waals surface area contributed by atoms with Crippen molar-refractivity contribution in [3.63, 3.8) is 0 Å². The standard InChI is InChI=1S/C15H19N3O4/c1-8(2)11-7-10(13-9(3)17-22-14(13)16-11)15(21)18(4)6-5-12(19)20/h7-8H,5-6H2,1-4H3,(H,19,20). The van der Waals surface area contributed by atoms with Crippen LogP contribution in [0.25, 0.3) is 11.1 Å². The molecule has 1 amide bonds. The molecule has 2 aromatic rings. The van der Waals surface area contributed by atoms with Crippen molar-refractivity contribution in [3.05, 3.63) is 23.0 Å². The first-order valence-electron chi connectivity index (χ1n) is 7.05. The first kappa shape index (κ1) is 15.9. The summed E-state index contributed by atoms with van der Waals surface area (Å²) in [7, 11) is 1.58. The highest BCUT2D eigenvalue weighted by atomic mass is 16.5. The molecule has 0 aliphatic heterocycles. The molecule has 0 aliphatic rings. The Kier molecular flexibility index (Phi) is 4.44. The van der Waals surface area contributed by atoms with Crippen molar-refractivity contribution in [1.29, 1.82) is 0 Å². The van der Waals surface area contributed by atoms with E-state index in [1.165, 1.54) is 4.90 Å². The van der Waals surface area contributed by atoms with Crippen molar-refractivity contribution in [2.75, 3.05) is 13.6 Å².